The third-order valence-corrected chi connectivity index (χ3v) is 5.27. The van der Waals surface area contributed by atoms with Crippen molar-refractivity contribution in [1.82, 2.24) is 14.4 Å². The van der Waals surface area contributed by atoms with E-state index in [2.05, 4.69) is 4.57 Å². The fraction of sp³-hybridized carbons (Fsp3) is 0.429. The zero-order valence-electron chi connectivity index (χ0n) is 16.1. The number of carbonyl (C=O) groups is 2. The lowest BCUT2D eigenvalue weighted by Gasteiger charge is -2.34. The summed E-state index contributed by atoms with van der Waals surface area (Å²) in [6, 6.07) is 11.7. The molecule has 28 heavy (non-hydrogen) atoms. The second-order valence-electron chi connectivity index (χ2n) is 6.90. The van der Waals surface area contributed by atoms with E-state index >= 15 is 0 Å². The highest BCUT2D eigenvalue weighted by Crippen LogP contribution is 2.25. The van der Waals surface area contributed by atoms with Crippen LogP contribution in [-0.2, 0) is 16.1 Å². The van der Waals surface area contributed by atoms with Gasteiger partial charge in [-0.05, 0) is 36.8 Å². The van der Waals surface area contributed by atoms with Gasteiger partial charge in [0.25, 0.3) is 0 Å². The predicted molar refractivity (Wildman–Crippen MR) is 108 cm³/mol. The van der Waals surface area contributed by atoms with Gasteiger partial charge < -0.3 is 19.1 Å². The summed E-state index contributed by atoms with van der Waals surface area (Å²) in [6.07, 6.45) is 4.12. The van der Waals surface area contributed by atoms with Crippen LogP contribution < -0.4 is 0 Å². The van der Waals surface area contributed by atoms with Crippen molar-refractivity contribution in [2.45, 2.75) is 25.8 Å². The molecule has 1 fully saturated rings. The number of benzene rings is 1. The second-order valence-corrected chi connectivity index (χ2v) is 7.34. The molecule has 0 unspecified atom stereocenters. The third-order valence-electron chi connectivity index (χ3n) is 5.02. The predicted octanol–water partition coefficient (Wildman–Crippen LogP) is 3.62. The average molecular weight is 404 g/mol. The molecular formula is C21H26ClN3O3. The summed E-state index contributed by atoms with van der Waals surface area (Å²) in [5.74, 6) is 0.163. The maximum Gasteiger partial charge on any atom is 0.409 e. The smallest absolute Gasteiger partial charge is 0.409 e. The standard InChI is InChI=1S/C21H26ClN3O3/c1-2-28-21(27)25-13-11-24(12-14-25)20(26)15-18(16-23-9-3-4-10-23)17-5-7-19(22)8-6-17/h3-10,18H,2,11-16H2,1H3/t18-/m1/s1. The molecule has 1 aromatic heterocycles. The monoisotopic (exact) mass is 403 g/mol. The van der Waals surface area contributed by atoms with Crippen LogP contribution in [0.3, 0.4) is 0 Å². The van der Waals surface area contributed by atoms with Gasteiger partial charge in [-0.1, -0.05) is 23.7 Å². The van der Waals surface area contributed by atoms with Crippen molar-refractivity contribution in [3.63, 3.8) is 0 Å². The van der Waals surface area contributed by atoms with Crippen LogP contribution in [0.5, 0.6) is 0 Å². The van der Waals surface area contributed by atoms with Gasteiger partial charge in [-0.25, -0.2) is 4.79 Å². The Morgan fingerprint density at radius 1 is 1.04 bits per heavy atom. The maximum atomic E-state index is 12.9. The zero-order chi connectivity index (χ0) is 19.9. The van der Waals surface area contributed by atoms with Crippen LogP contribution in [0.25, 0.3) is 0 Å². The first-order valence-corrected chi connectivity index (χ1v) is 10.00. The van der Waals surface area contributed by atoms with Gasteiger partial charge in [0.2, 0.25) is 5.91 Å². The van der Waals surface area contributed by atoms with E-state index in [0.29, 0.717) is 44.2 Å². The van der Waals surface area contributed by atoms with Crippen LogP contribution in [0.15, 0.2) is 48.8 Å². The summed E-state index contributed by atoms with van der Waals surface area (Å²) in [5, 5.41) is 0.685. The fourth-order valence-electron chi connectivity index (χ4n) is 3.46. The Labute approximate surface area is 170 Å². The first kappa shape index (κ1) is 20.3. The van der Waals surface area contributed by atoms with Crippen LogP contribution >= 0.6 is 11.6 Å². The quantitative estimate of drug-likeness (QED) is 0.740. The minimum Gasteiger partial charge on any atom is -0.450 e. The highest BCUT2D eigenvalue weighted by molar-refractivity contribution is 6.30. The number of rotatable bonds is 6. The van der Waals surface area contributed by atoms with E-state index in [9.17, 15) is 9.59 Å². The Hall–Kier alpha value is -2.47. The van der Waals surface area contributed by atoms with Gasteiger partial charge in [-0.15, -0.1) is 0 Å². The molecule has 0 radical (unpaired) electrons. The lowest BCUT2D eigenvalue weighted by atomic mass is 9.94. The molecule has 1 aliphatic heterocycles. The largest absolute Gasteiger partial charge is 0.450 e. The average Bonchev–Trinajstić information content (AvgIpc) is 3.21. The highest BCUT2D eigenvalue weighted by atomic mass is 35.5. The number of nitrogens with zero attached hydrogens (tertiary/aromatic N) is 3. The molecule has 6 nitrogen and oxygen atoms in total. The number of carbonyl (C=O) groups excluding carboxylic acids is 2. The van der Waals surface area contributed by atoms with Gasteiger partial charge in [-0.3, -0.25) is 4.79 Å². The molecule has 3 rings (SSSR count). The molecule has 2 amide bonds. The summed E-state index contributed by atoms with van der Waals surface area (Å²) in [7, 11) is 0. The molecule has 0 aliphatic carbocycles. The molecule has 7 heteroatoms. The number of hydrogen-bond donors (Lipinski definition) is 0. The van der Waals surface area contributed by atoms with E-state index in [-0.39, 0.29) is 17.9 Å². The molecule has 1 saturated heterocycles. The van der Waals surface area contributed by atoms with Crippen molar-refractivity contribution >= 4 is 23.6 Å². The van der Waals surface area contributed by atoms with E-state index in [1.54, 1.807) is 11.8 Å². The molecule has 2 heterocycles. The van der Waals surface area contributed by atoms with Crippen LogP contribution in [0.1, 0.15) is 24.8 Å². The topological polar surface area (TPSA) is 54.8 Å². The van der Waals surface area contributed by atoms with Gasteiger partial charge in [0, 0.05) is 62.5 Å². The number of hydrogen-bond acceptors (Lipinski definition) is 3. The minimum atomic E-state index is -0.304. The van der Waals surface area contributed by atoms with Crippen LogP contribution in [0, 0.1) is 0 Å². The first-order chi connectivity index (χ1) is 13.6. The molecule has 1 aliphatic rings. The van der Waals surface area contributed by atoms with E-state index in [4.69, 9.17) is 16.3 Å². The molecule has 1 atom stereocenters. The first-order valence-electron chi connectivity index (χ1n) is 9.62. The molecule has 0 bridgehead atoms. The van der Waals surface area contributed by atoms with Crippen LogP contribution in [0.2, 0.25) is 5.02 Å². The van der Waals surface area contributed by atoms with E-state index in [1.165, 1.54) is 0 Å². The SMILES string of the molecule is CCOC(=O)N1CCN(C(=O)C[C@H](Cn2cccc2)c2ccc(Cl)cc2)CC1. The summed E-state index contributed by atoms with van der Waals surface area (Å²) >= 11 is 6.03. The number of amides is 2. The van der Waals surface area contributed by atoms with E-state index in [1.807, 2.05) is 53.7 Å². The molecule has 150 valence electrons. The van der Waals surface area contributed by atoms with Crippen molar-refractivity contribution in [3.05, 3.63) is 59.4 Å². The lowest BCUT2D eigenvalue weighted by molar-refractivity contribution is -0.133. The molecule has 1 aromatic carbocycles. The van der Waals surface area contributed by atoms with Crippen LogP contribution in [0.4, 0.5) is 4.79 Å². The van der Waals surface area contributed by atoms with Crippen molar-refractivity contribution in [2.75, 3.05) is 32.8 Å². The molecule has 0 N–H and O–H groups in total. The van der Waals surface area contributed by atoms with E-state index in [0.717, 1.165) is 12.1 Å². The Morgan fingerprint density at radius 3 is 2.25 bits per heavy atom. The second kappa shape index (κ2) is 9.64. The van der Waals surface area contributed by atoms with Gasteiger partial charge in [0.1, 0.15) is 0 Å². The van der Waals surface area contributed by atoms with Crippen molar-refractivity contribution in [2.24, 2.45) is 0 Å². The molecular weight excluding hydrogens is 378 g/mol. The maximum absolute atomic E-state index is 12.9. The normalized spacial score (nSPS) is 15.4. The number of aromatic nitrogens is 1. The van der Waals surface area contributed by atoms with Crippen molar-refractivity contribution in [3.8, 4) is 0 Å². The Morgan fingerprint density at radius 2 is 1.64 bits per heavy atom. The van der Waals surface area contributed by atoms with Gasteiger partial charge in [0.05, 0.1) is 6.61 Å². The number of ether oxygens (including phenoxy) is 1. The summed E-state index contributed by atoms with van der Waals surface area (Å²) in [6.45, 7) is 4.97. The summed E-state index contributed by atoms with van der Waals surface area (Å²) in [4.78, 5) is 28.3. The summed E-state index contributed by atoms with van der Waals surface area (Å²) < 4.78 is 7.13. The fourth-order valence-corrected chi connectivity index (χ4v) is 3.59. The van der Waals surface area contributed by atoms with Gasteiger partial charge >= 0.3 is 6.09 Å². The Bertz CT molecular complexity index is 769. The number of piperazine rings is 1. The summed E-state index contributed by atoms with van der Waals surface area (Å²) in [5.41, 5.74) is 1.09. The lowest BCUT2D eigenvalue weighted by Crippen LogP contribution is -2.51. The molecule has 2 aromatic rings. The molecule has 0 saturated carbocycles. The molecule has 0 spiro atoms. The van der Waals surface area contributed by atoms with Gasteiger partial charge in [0.15, 0.2) is 0 Å². The van der Waals surface area contributed by atoms with Crippen molar-refractivity contribution in [1.29, 1.82) is 0 Å². The highest BCUT2D eigenvalue weighted by Gasteiger charge is 2.27. The number of halogens is 1. The Balaban J connectivity index is 1.63. The minimum absolute atomic E-state index is 0.0558. The Kier molecular flexibility index (Phi) is 6.98. The zero-order valence-corrected chi connectivity index (χ0v) is 16.8. The van der Waals surface area contributed by atoms with E-state index < -0.39 is 0 Å². The third kappa shape index (κ3) is 5.29. The van der Waals surface area contributed by atoms with Crippen molar-refractivity contribution < 1.29 is 14.3 Å². The van der Waals surface area contributed by atoms with Gasteiger partial charge in [-0.2, -0.15) is 0 Å². The van der Waals surface area contributed by atoms with Crippen LogP contribution in [-0.4, -0.2) is 59.2 Å².